The molecule has 1 aliphatic heterocycles. The summed E-state index contributed by atoms with van der Waals surface area (Å²) in [4.78, 5) is 22.3. The molecule has 4 aromatic rings. The van der Waals surface area contributed by atoms with Crippen LogP contribution in [0.1, 0.15) is 35.7 Å². The molecule has 0 radical (unpaired) electrons. The Kier molecular flexibility index (Phi) is 5.37. The van der Waals surface area contributed by atoms with Gasteiger partial charge in [0.2, 0.25) is 0 Å². The number of fused-ring (bicyclic) bond motifs is 2. The molecule has 1 saturated heterocycles. The number of ether oxygens (including phenoxy) is 1. The number of aromatic nitrogens is 5. The summed E-state index contributed by atoms with van der Waals surface area (Å²) < 4.78 is 23.5. The van der Waals surface area contributed by atoms with Crippen LogP contribution in [0.3, 0.4) is 0 Å². The van der Waals surface area contributed by atoms with E-state index in [-0.39, 0.29) is 24.6 Å². The highest BCUT2D eigenvalue weighted by atomic mass is 19.1. The van der Waals surface area contributed by atoms with Gasteiger partial charge in [-0.3, -0.25) is 4.79 Å². The maximum Gasteiger partial charge on any atom is 0.257 e. The third-order valence-electron chi connectivity index (χ3n) is 7.00. The summed E-state index contributed by atoms with van der Waals surface area (Å²) in [5.41, 5.74) is 2.78. The van der Waals surface area contributed by atoms with Crippen LogP contribution in [-0.4, -0.2) is 73.7 Å². The smallest absolute Gasteiger partial charge is 0.257 e. The summed E-state index contributed by atoms with van der Waals surface area (Å²) >= 11 is 0. The van der Waals surface area contributed by atoms with Gasteiger partial charge in [-0.2, -0.15) is 9.61 Å². The molecule has 11 heteroatoms. The molecule has 1 saturated carbocycles. The number of halogens is 1. The Bertz CT molecular complexity index is 1420. The number of aliphatic hydroxyl groups excluding tert-OH is 1. The fraction of sp³-hybridized carbons (Fsp3) is 0.417. The zero-order valence-corrected chi connectivity index (χ0v) is 19.2. The van der Waals surface area contributed by atoms with Crippen molar-refractivity contribution >= 4 is 28.4 Å². The predicted molar refractivity (Wildman–Crippen MR) is 127 cm³/mol. The lowest BCUT2D eigenvalue weighted by atomic mass is 9.89. The molecule has 6 rings (SSSR count). The largest absolute Gasteiger partial charge is 0.391 e. The minimum absolute atomic E-state index is 0.0601. The average molecular weight is 480 g/mol. The van der Waals surface area contributed by atoms with E-state index in [0.717, 1.165) is 17.4 Å². The molecule has 3 N–H and O–H groups in total. The molecule has 5 heterocycles. The van der Waals surface area contributed by atoms with E-state index in [1.165, 1.54) is 6.20 Å². The number of carbonyl (C=O) groups is 1. The van der Waals surface area contributed by atoms with E-state index in [0.29, 0.717) is 47.8 Å². The number of pyridine rings is 1. The zero-order chi connectivity index (χ0) is 24.1. The van der Waals surface area contributed by atoms with E-state index in [9.17, 15) is 14.3 Å². The predicted octanol–water partition coefficient (Wildman–Crippen LogP) is 2.34. The summed E-state index contributed by atoms with van der Waals surface area (Å²) in [6.45, 7) is 0.551. The number of amides is 1. The average Bonchev–Trinajstić information content (AvgIpc) is 3.48. The quantitative estimate of drug-likeness (QED) is 0.402. The first-order chi connectivity index (χ1) is 17.0. The Morgan fingerprint density at radius 2 is 2.17 bits per heavy atom. The van der Waals surface area contributed by atoms with Crippen LogP contribution in [0.25, 0.3) is 27.9 Å². The molecule has 4 atom stereocenters. The van der Waals surface area contributed by atoms with E-state index in [1.807, 2.05) is 29.0 Å². The van der Waals surface area contributed by atoms with Gasteiger partial charge in [-0.05, 0) is 31.4 Å². The molecule has 35 heavy (non-hydrogen) atoms. The molecular weight excluding hydrogens is 453 g/mol. The molecule has 1 aliphatic carbocycles. The molecule has 2 aliphatic rings. The molecular formula is C24H26FN7O3. The maximum atomic E-state index is 14.8. The molecule has 10 nitrogen and oxygen atoms in total. The van der Waals surface area contributed by atoms with Crippen LogP contribution in [0, 0.1) is 0 Å². The van der Waals surface area contributed by atoms with Crippen molar-refractivity contribution in [3.63, 3.8) is 0 Å². The molecule has 0 spiro atoms. The Balaban J connectivity index is 1.47. The molecule has 182 valence electrons. The highest BCUT2D eigenvalue weighted by Gasteiger charge is 2.32. The van der Waals surface area contributed by atoms with Gasteiger partial charge in [0.15, 0.2) is 5.65 Å². The fourth-order valence-corrected chi connectivity index (χ4v) is 4.88. The van der Waals surface area contributed by atoms with Gasteiger partial charge in [0.25, 0.3) is 5.91 Å². The number of carbonyl (C=O) groups excluding carboxylic acids is 1. The Morgan fingerprint density at radius 1 is 1.29 bits per heavy atom. The number of nitrogens with zero attached hydrogens (tertiary/aromatic N) is 5. The van der Waals surface area contributed by atoms with Crippen LogP contribution in [0.15, 0.2) is 36.8 Å². The maximum absolute atomic E-state index is 14.8. The second-order valence-corrected chi connectivity index (χ2v) is 9.07. The summed E-state index contributed by atoms with van der Waals surface area (Å²) in [7, 11) is 1.77. The van der Waals surface area contributed by atoms with E-state index in [1.54, 1.807) is 17.8 Å². The molecule has 1 amide bonds. The summed E-state index contributed by atoms with van der Waals surface area (Å²) in [5, 5.41) is 21.0. The van der Waals surface area contributed by atoms with Crippen molar-refractivity contribution in [2.45, 2.75) is 43.6 Å². The first-order valence-corrected chi connectivity index (χ1v) is 11.8. The highest BCUT2D eigenvalue weighted by molar-refractivity contribution is 6.01. The third-order valence-corrected chi connectivity index (χ3v) is 7.00. The lowest BCUT2D eigenvalue weighted by molar-refractivity contribution is 0.00443. The molecule has 2 fully saturated rings. The second-order valence-electron chi connectivity index (χ2n) is 9.07. The number of nitrogens with one attached hydrogen (secondary N) is 2. The van der Waals surface area contributed by atoms with Gasteiger partial charge in [0.05, 0.1) is 36.7 Å². The third kappa shape index (κ3) is 3.62. The standard InChI is InChI=1S/C24H26FN7O3/c1-26-21-9-18(29-23-14(10-28-32(21)23)24(34)30-17-4-5-20(17)33)15-11-31(19-6-8-35-12-16(19)25)22-13(15)3-2-7-27-22/h2-3,7,9-11,16-17,19-20,26,33H,4-6,8,12H2,1H3,(H,30,34)/t16-,17?,19-,20?/m0/s1. The van der Waals surface area contributed by atoms with Gasteiger partial charge in [-0.25, -0.2) is 14.4 Å². The van der Waals surface area contributed by atoms with Crippen LogP contribution in [0.2, 0.25) is 0 Å². The monoisotopic (exact) mass is 479 g/mol. The Morgan fingerprint density at radius 3 is 2.91 bits per heavy atom. The molecule has 4 aromatic heterocycles. The van der Waals surface area contributed by atoms with Gasteiger partial charge >= 0.3 is 0 Å². The number of hydrogen-bond acceptors (Lipinski definition) is 7. The number of aliphatic hydroxyl groups is 1. The minimum atomic E-state index is -1.13. The van der Waals surface area contributed by atoms with Crippen LogP contribution in [-0.2, 0) is 4.74 Å². The van der Waals surface area contributed by atoms with E-state index < -0.39 is 12.3 Å². The van der Waals surface area contributed by atoms with Gasteiger partial charge in [0, 0.05) is 43.1 Å². The SMILES string of the molecule is CNc1cc(-c2cn([C@H]3CCOC[C@@H]3F)c3ncccc23)nc2c(C(=O)NC3CCC3O)cnn12. The number of anilines is 1. The van der Waals surface area contributed by atoms with Crippen LogP contribution in [0.5, 0.6) is 0 Å². The number of hydrogen-bond donors (Lipinski definition) is 3. The minimum Gasteiger partial charge on any atom is -0.391 e. The normalized spacial score (nSPS) is 24.4. The van der Waals surface area contributed by atoms with E-state index >= 15 is 0 Å². The second kappa shape index (κ2) is 8.58. The summed E-state index contributed by atoms with van der Waals surface area (Å²) in [6, 6.07) is 4.98. The van der Waals surface area contributed by atoms with Gasteiger partial charge in [0.1, 0.15) is 23.2 Å². The molecule has 0 bridgehead atoms. The lowest BCUT2D eigenvalue weighted by Crippen LogP contribution is -2.50. The van der Waals surface area contributed by atoms with Crippen molar-refractivity contribution in [2.24, 2.45) is 0 Å². The number of alkyl halides is 1. The number of rotatable bonds is 5. The van der Waals surface area contributed by atoms with Crippen molar-refractivity contribution < 1.29 is 19.0 Å². The van der Waals surface area contributed by atoms with Crippen molar-refractivity contribution in [3.05, 3.63) is 42.4 Å². The first-order valence-electron chi connectivity index (χ1n) is 11.8. The van der Waals surface area contributed by atoms with Gasteiger partial charge < -0.3 is 25.0 Å². The van der Waals surface area contributed by atoms with Crippen molar-refractivity contribution in [1.82, 2.24) is 29.5 Å². The molecule has 0 aromatic carbocycles. The molecule has 2 unspecified atom stereocenters. The van der Waals surface area contributed by atoms with Crippen molar-refractivity contribution in [1.29, 1.82) is 0 Å². The van der Waals surface area contributed by atoms with Crippen molar-refractivity contribution in [2.75, 3.05) is 25.6 Å². The lowest BCUT2D eigenvalue weighted by Gasteiger charge is -2.32. The van der Waals surface area contributed by atoms with Crippen LogP contribution >= 0.6 is 0 Å². The van der Waals surface area contributed by atoms with E-state index in [4.69, 9.17) is 9.72 Å². The topological polar surface area (TPSA) is 119 Å². The first kappa shape index (κ1) is 21.9. The summed E-state index contributed by atoms with van der Waals surface area (Å²) in [5.74, 6) is 0.314. The van der Waals surface area contributed by atoms with Crippen LogP contribution < -0.4 is 10.6 Å². The Labute approximate surface area is 200 Å². The van der Waals surface area contributed by atoms with Crippen molar-refractivity contribution in [3.8, 4) is 11.3 Å². The fourth-order valence-electron chi connectivity index (χ4n) is 4.88. The van der Waals surface area contributed by atoms with Gasteiger partial charge in [-0.1, -0.05) is 0 Å². The summed E-state index contributed by atoms with van der Waals surface area (Å²) in [6.07, 6.45) is 5.36. The van der Waals surface area contributed by atoms with E-state index in [2.05, 4.69) is 20.7 Å². The van der Waals surface area contributed by atoms with Gasteiger partial charge in [-0.15, -0.1) is 0 Å². The Hall–Kier alpha value is -3.57. The van der Waals surface area contributed by atoms with Crippen LogP contribution in [0.4, 0.5) is 10.2 Å². The zero-order valence-electron chi connectivity index (χ0n) is 19.2. The highest BCUT2D eigenvalue weighted by Crippen LogP contribution is 2.35.